The van der Waals surface area contributed by atoms with Crippen LogP contribution in [0, 0.1) is 11.8 Å². The van der Waals surface area contributed by atoms with Gasteiger partial charge >= 0.3 is 0 Å². The van der Waals surface area contributed by atoms with Gasteiger partial charge in [0, 0.05) is 6.04 Å². The molecule has 100 valence electrons. The lowest BCUT2D eigenvalue weighted by Crippen LogP contribution is -2.42. The minimum Gasteiger partial charge on any atom is -0.316 e. The predicted molar refractivity (Wildman–Crippen MR) is 69.3 cm³/mol. The van der Waals surface area contributed by atoms with Crippen molar-refractivity contribution in [3.05, 3.63) is 0 Å². The van der Waals surface area contributed by atoms with Crippen LogP contribution in [0.3, 0.4) is 0 Å². The summed E-state index contributed by atoms with van der Waals surface area (Å²) in [5.41, 5.74) is 0. The molecule has 2 rings (SSSR count). The van der Waals surface area contributed by atoms with Crippen LogP contribution < -0.4 is 10.0 Å². The van der Waals surface area contributed by atoms with E-state index < -0.39 is 10.0 Å². The molecule has 17 heavy (non-hydrogen) atoms. The molecule has 1 saturated heterocycles. The molecule has 1 heterocycles. The highest BCUT2D eigenvalue weighted by Gasteiger charge is 2.29. The second-order valence-electron chi connectivity index (χ2n) is 5.63. The second-order valence-corrected chi connectivity index (χ2v) is 7.42. The third kappa shape index (κ3) is 3.93. The van der Waals surface area contributed by atoms with Gasteiger partial charge in [0.2, 0.25) is 10.0 Å². The van der Waals surface area contributed by atoms with Gasteiger partial charge in [-0.1, -0.05) is 13.3 Å². The molecule has 0 aromatic rings. The maximum absolute atomic E-state index is 12.1. The van der Waals surface area contributed by atoms with E-state index in [1.54, 1.807) is 0 Å². The predicted octanol–water partition coefficient (Wildman–Crippen LogP) is 1.09. The van der Waals surface area contributed by atoms with Gasteiger partial charge in [-0.15, -0.1) is 0 Å². The van der Waals surface area contributed by atoms with Crippen molar-refractivity contribution >= 4 is 10.0 Å². The summed E-state index contributed by atoms with van der Waals surface area (Å²) in [6.45, 7) is 4.02. The summed E-state index contributed by atoms with van der Waals surface area (Å²) in [5.74, 6) is 1.08. The molecule has 0 bridgehead atoms. The van der Waals surface area contributed by atoms with Crippen LogP contribution in [-0.4, -0.2) is 33.3 Å². The number of piperidine rings is 1. The Hall–Kier alpha value is -0.130. The normalized spacial score (nSPS) is 35.0. The van der Waals surface area contributed by atoms with Crippen molar-refractivity contribution in [1.82, 2.24) is 10.0 Å². The molecule has 2 N–H and O–H groups in total. The maximum Gasteiger partial charge on any atom is 0.212 e. The van der Waals surface area contributed by atoms with Crippen LogP contribution in [0.2, 0.25) is 0 Å². The number of hydrogen-bond donors (Lipinski definition) is 2. The SMILES string of the molecule is CC1CCCC1NS(=O)(=O)CC1CCCNC1. The van der Waals surface area contributed by atoms with E-state index in [4.69, 9.17) is 0 Å². The van der Waals surface area contributed by atoms with E-state index in [-0.39, 0.29) is 12.0 Å². The number of hydrogen-bond acceptors (Lipinski definition) is 3. The summed E-state index contributed by atoms with van der Waals surface area (Å²) in [6.07, 6.45) is 5.44. The molecule has 2 fully saturated rings. The molecule has 1 saturated carbocycles. The van der Waals surface area contributed by atoms with E-state index in [0.717, 1.165) is 45.2 Å². The fourth-order valence-corrected chi connectivity index (χ4v) is 4.79. The molecule has 3 unspecified atom stereocenters. The van der Waals surface area contributed by atoms with E-state index >= 15 is 0 Å². The first-order valence-electron chi connectivity index (χ1n) is 6.77. The molecule has 4 nitrogen and oxygen atoms in total. The van der Waals surface area contributed by atoms with Crippen LogP contribution in [0.1, 0.15) is 39.0 Å². The summed E-state index contributed by atoms with van der Waals surface area (Å²) in [5, 5.41) is 3.27. The fraction of sp³-hybridized carbons (Fsp3) is 1.00. The van der Waals surface area contributed by atoms with Crippen molar-refractivity contribution in [1.29, 1.82) is 0 Å². The Kier molecular flexibility index (Phi) is 4.44. The van der Waals surface area contributed by atoms with Gasteiger partial charge in [-0.3, -0.25) is 0 Å². The molecule has 0 amide bonds. The molecule has 0 aromatic carbocycles. The van der Waals surface area contributed by atoms with Crippen molar-refractivity contribution < 1.29 is 8.42 Å². The van der Waals surface area contributed by atoms with Gasteiger partial charge in [-0.2, -0.15) is 0 Å². The van der Waals surface area contributed by atoms with Crippen LogP contribution in [-0.2, 0) is 10.0 Å². The van der Waals surface area contributed by atoms with Crippen molar-refractivity contribution in [3.8, 4) is 0 Å². The van der Waals surface area contributed by atoms with Gasteiger partial charge in [0.15, 0.2) is 0 Å². The largest absolute Gasteiger partial charge is 0.316 e. The van der Waals surface area contributed by atoms with Gasteiger partial charge in [-0.25, -0.2) is 13.1 Å². The zero-order valence-electron chi connectivity index (χ0n) is 10.6. The van der Waals surface area contributed by atoms with E-state index in [0.29, 0.717) is 11.7 Å². The highest BCUT2D eigenvalue weighted by atomic mass is 32.2. The number of nitrogens with one attached hydrogen (secondary N) is 2. The zero-order chi connectivity index (χ0) is 12.3. The third-order valence-electron chi connectivity index (χ3n) is 4.05. The monoisotopic (exact) mass is 260 g/mol. The Morgan fingerprint density at radius 2 is 2.06 bits per heavy atom. The molecule has 1 aliphatic heterocycles. The molecular formula is C12H24N2O2S. The minimum absolute atomic E-state index is 0.177. The van der Waals surface area contributed by atoms with E-state index in [9.17, 15) is 8.42 Å². The Morgan fingerprint density at radius 1 is 1.24 bits per heavy atom. The minimum atomic E-state index is -3.09. The zero-order valence-corrected chi connectivity index (χ0v) is 11.4. The Bertz CT molecular complexity index is 336. The first kappa shape index (κ1) is 13.3. The maximum atomic E-state index is 12.1. The summed E-state index contributed by atoms with van der Waals surface area (Å²) in [6, 6.07) is 0.177. The quantitative estimate of drug-likeness (QED) is 0.795. The van der Waals surface area contributed by atoms with Crippen molar-refractivity contribution in [3.63, 3.8) is 0 Å². The summed E-state index contributed by atoms with van der Waals surface area (Å²) in [7, 11) is -3.09. The topological polar surface area (TPSA) is 58.2 Å². The molecule has 0 spiro atoms. The standard InChI is InChI=1S/C12H24N2O2S/c1-10-4-2-6-12(10)14-17(15,16)9-11-5-3-7-13-8-11/h10-14H,2-9H2,1H3. The first-order chi connectivity index (χ1) is 8.07. The van der Waals surface area contributed by atoms with E-state index in [1.165, 1.54) is 0 Å². The van der Waals surface area contributed by atoms with Crippen LogP contribution in [0.15, 0.2) is 0 Å². The smallest absolute Gasteiger partial charge is 0.212 e. The number of sulfonamides is 1. The lowest BCUT2D eigenvalue weighted by atomic mass is 10.0. The van der Waals surface area contributed by atoms with Crippen LogP contribution in [0.4, 0.5) is 0 Å². The Morgan fingerprint density at radius 3 is 2.65 bits per heavy atom. The highest BCUT2D eigenvalue weighted by Crippen LogP contribution is 2.25. The van der Waals surface area contributed by atoms with Gasteiger partial charge in [0.1, 0.15) is 0 Å². The van der Waals surface area contributed by atoms with Gasteiger partial charge in [0.25, 0.3) is 0 Å². The van der Waals surface area contributed by atoms with Gasteiger partial charge < -0.3 is 5.32 Å². The molecule has 0 aromatic heterocycles. The van der Waals surface area contributed by atoms with Gasteiger partial charge in [-0.05, 0) is 50.6 Å². The summed E-state index contributed by atoms with van der Waals surface area (Å²) < 4.78 is 27.0. The lowest BCUT2D eigenvalue weighted by Gasteiger charge is -2.24. The number of rotatable bonds is 4. The molecular weight excluding hydrogens is 236 g/mol. The van der Waals surface area contributed by atoms with Crippen LogP contribution in [0.25, 0.3) is 0 Å². The van der Waals surface area contributed by atoms with Crippen molar-refractivity contribution in [2.75, 3.05) is 18.8 Å². The van der Waals surface area contributed by atoms with Crippen LogP contribution >= 0.6 is 0 Å². The fourth-order valence-electron chi connectivity index (χ4n) is 2.98. The third-order valence-corrected chi connectivity index (χ3v) is 5.62. The molecule has 1 aliphatic carbocycles. The molecule has 0 radical (unpaired) electrons. The van der Waals surface area contributed by atoms with Gasteiger partial charge in [0.05, 0.1) is 5.75 Å². The van der Waals surface area contributed by atoms with E-state index in [2.05, 4.69) is 17.0 Å². The molecule has 5 heteroatoms. The van der Waals surface area contributed by atoms with Crippen LogP contribution in [0.5, 0.6) is 0 Å². The summed E-state index contributed by atoms with van der Waals surface area (Å²) in [4.78, 5) is 0. The average Bonchev–Trinajstić information content (AvgIpc) is 2.64. The molecule has 3 atom stereocenters. The van der Waals surface area contributed by atoms with Crippen molar-refractivity contribution in [2.24, 2.45) is 11.8 Å². The Labute approximate surface area is 105 Å². The van der Waals surface area contributed by atoms with Crippen molar-refractivity contribution in [2.45, 2.75) is 45.1 Å². The van der Waals surface area contributed by atoms with E-state index in [1.807, 2.05) is 0 Å². The Balaban J connectivity index is 1.85. The summed E-state index contributed by atoms with van der Waals surface area (Å²) >= 11 is 0. The first-order valence-corrected chi connectivity index (χ1v) is 8.43. The second kappa shape index (κ2) is 5.67. The average molecular weight is 260 g/mol. The lowest BCUT2D eigenvalue weighted by molar-refractivity contribution is 0.399. The highest BCUT2D eigenvalue weighted by molar-refractivity contribution is 7.89. The molecule has 2 aliphatic rings.